The van der Waals surface area contributed by atoms with Gasteiger partial charge in [0.1, 0.15) is 0 Å². The number of carbonyl (C=O) groups is 1. The molecular formula is C16H18N2O2. The molecule has 0 radical (unpaired) electrons. The summed E-state index contributed by atoms with van der Waals surface area (Å²) in [6.45, 7) is 4.09. The molecule has 2 aromatic rings. The van der Waals surface area contributed by atoms with Crippen molar-refractivity contribution in [3.05, 3.63) is 53.1 Å². The van der Waals surface area contributed by atoms with Gasteiger partial charge in [0.25, 0.3) is 0 Å². The minimum Gasteiger partial charge on any atom is -0.478 e. The van der Waals surface area contributed by atoms with E-state index < -0.39 is 5.97 Å². The topological polar surface area (TPSA) is 66.6 Å². The van der Waals surface area contributed by atoms with Crippen molar-refractivity contribution in [2.75, 3.05) is 17.7 Å². The minimum atomic E-state index is -0.975. The van der Waals surface area contributed by atoms with Gasteiger partial charge in [0, 0.05) is 12.7 Å². The summed E-state index contributed by atoms with van der Waals surface area (Å²) in [4.78, 5) is 12.9. The van der Waals surface area contributed by atoms with Gasteiger partial charge in [0.05, 0.1) is 16.9 Å². The molecule has 0 aliphatic heterocycles. The lowest BCUT2D eigenvalue weighted by atomic mass is 10.1. The van der Waals surface area contributed by atoms with Gasteiger partial charge < -0.3 is 15.7 Å². The standard InChI is InChI=1S/C16H18N2O2/c1-10-4-6-14(11(2)8-10)18(3)15-7-5-12(16(19)20)9-13(15)17/h4-9H,17H2,1-3H3,(H,19,20). The number of nitrogens with two attached hydrogens (primary N) is 1. The Bertz CT molecular complexity index is 666. The van der Waals surface area contributed by atoms with Crippen LogP contribution in [-0.2, 0) is 0 Å². The zero-order valence-corrected chi connectivity index (χ0v) is 11.8. The highest BCUT2D eigenvalue weighted by molar-refractivity contribution is 5.91. The summed E-state index contributed by atoms with van der Waals surface area (Å²) in [5, 5.41) is 8.96. The maximum absolute atomic E-state index is 10.9. The van der Waals surface area contributed by atoms with E-state index in [2.05, 4.69) is 6.07 Å². The number of anilines is 3. The number of aryl methyl sites for hydroxylation is 2. The summed E-state index contributed by atoms with van der Waals surface area (Å²) in [6.07, 6.45) is 0. The first-order valence-corrected chi connectivity index (χ1v) is 6.34. The van der Waals surface area contributed by atoms with Crippen LogP contribution in [0.1, 0.15) is 21.5 Å². The fourth-order valence-electron chi connectivity index (χ4n) is 2.30. The average Bonchev–Trinajstić information content (AvgIpc) is 2.37. The number of aromatic carboxylic acids is 1. The van der Waals surface area contributed by atoms with Crippen LogP contribution in [0.15, 0.2) is 36.4 Å². The normalized spacial score (nSPS) is 10.3. The number of nitrogens with zero attached hydrogens (tertiary/aromatic N) is 1. The van der Waals surface area contributed by atoms with Gasteiger partial charge in [-0.3, -0.25) is 0 Å². The SMILES string of the molecule is Cc1ccc(N(C)c2ccc(C(=O)O)cc2N)c(C)c1. The molecule has 4 heteroatoms. The number of nitrogen functional groups attached to an aromatic ring is 1. The van der Waals surface area contributed by atoms with E-state index in [1.54, 1.807) is 12.1 Å². The van der Waals surface area contributed by atoms with Gasteiger partial charge in [-0.05, 0) is 43.7 Å². The highest BCUT2D eigenvalue weighted by atomic mass is 16.4. The molecule has 0 unspecified atom stereocenters. The molecule has 0 heterocycles. The van der Waals surface area contributed by atoms with E-state index in [0.29, 0.717) is 5.69 Å². The van der Waals surface area contributed by atoms with Crippen molar-refractivity contribution in [3.63, 3.8) is 0 Å². The highest BCUT2D eigenvalue weighted by Gasteiger charge is 2.12. The second-order valence-electron chi connectivity index (χ2n) is 4.93. The summed E-state index contributed by atoms with van der Waals surface area (Å²) >= 11 is 0. The first-order valence-electron chi connectivity index (χ1n) is 6.34. The second kappa shape index (κ2) is 5.25. The van der Waals surface area contributed by atoms with Crippen LogP contribution < -0.4 is 10.6 Å². The molecule has 104 valence electrons. The second-order valence-corrected chi connectivity index (χ2v) is 4.93. The number of hydrogen-bond acceptors (Lipinski definition) is 3. The van der Waals surface area contributed by atoms with Gasteiger partial charge in [-0.1, -0.05) is 17.7 Å². The Hall–Kier alpha value is -2.49. The van der Waals surface area contributed by atoms with Crippen molar-refractivity contribution in [1.29, 1.82) is 0 Å². The van der Waals surface area contributed by atoms with Crippen LogP contribution in [0.2, 0.25) is 0 Å². The van der Waals surface area contributed by atoms with Crippen molar-refractivity contribution in [1.82, 2.24) is 0 Å². The number of carboxylic acids is 1. The van der Waals surface area contributed by atoms with Crippen LogP contribution in [0.25, 0.3) is 0 Å². The summed E-state index contributed by atoms with van der Waals surface area (Å²) in [5.74, 6) is -0.975. The molecule has 0 atom stereocenters. The number of benzene rings is 2. The smallest absolute Gasteiger partial charge is 0.335 e. The summed E-state index contributed by atoms with van der Waals surface area (Å²) in [5.41, 5.74) is 10.8. The Morgan fingerprint density at radius 2 is 1.75 bits per heavy atom. The van der Waals surface area contributed by atoms with Gasteiger partial charge in [-0.25, -0.2) is 4.79 Å². The fraction of sp³-hybridized carbons (Fsp3) is 0.188. The third-order valence-electron chi connectivity index (χ3n) is 3.35. The molecule has 2 rings (SSSR count). The van der Waals surface area contributed by atoms with Gasteiger partial charge in [0.15, 0.2) is 0 Å². The molecule has 20 heavy (non-hydrogen) atoms. The van der Waals surface area contributed by atoms with E-state index in [1.807, 2.05) is 37.9 Å². The van der Waals surface area contributed by atoms with Crippen LogP contribution >= 0.6 is 0 Å². The predicted octanol–water partition coefficient (Wildman–Crippen LogP) is 3.35. The van der Waals surface area contributed by atoms with Gasteiger partial charge in [-0.15, -0.1) is 0 Å². The average molecular weight is 270 g/mol. The Balaban J connectivity index is 2.43. The van der Waals surface area contributed by atoms with Crippen LogP contribution in [0.3, 0.4) is 0 Å². The van der Waals surface area contributed by atoms with Crippen LogP contribution in [0, 0.1) is 13.8 Å². The van der Waals surface area contributed by atoms with Crippen molar-refractivity contribution in [3.8, 4) is 0 Å². The number of carboxylic acid groups (broad SMARTS) is 1. The van der Waals surface area contributed by atoms with E-state index in [0.717, 1.165) is 16.9 Å². The van der Waals surface area contributed by atoms with Gasteiger partial charge >= 0.3 is 5.97 Å². The highest BCUT2D eigenvalue weighted by Crippen LogP contribution is 2.31. The largest absolute Gasteiger partial charge is 0.478 e. The Kier molecular flexibility index (Phi) is 3.66. The lowest BCUT2D eigenvalue weighted by Crippen LogP contribution is -2.13. The third kappa shape index (κ3) is 2.59. The third-order valence-corrected chi connectivity index (χ3v) is 3.35. The molecule has 0 amide bonds. The van der Waals surface area contributed by atoms with E-state index >= 15 is 0 Å². The van der Waals surface area contributed by atoms with Crippen LogP contribution in [0.5, 0.6) is 0 Å². The van der Waals surface area contributed by atoms with E-state index in [9.17, 15) is 4.79 Å². The van der Waals surface area contributed by atoms with Crippen molar-refractivity contribution < 1.29 is 9.90 Å². The molecule has 0 saturated carbocycles. The van der Waals surface area contributed by atoms with Crippen molar-refractivity contribution >= 4 is 23.0 Å². The zero-order valence-electron chi connectivity index (χ0n) is 11.8. The number of hydrogen-bond donors (Lipinski definition) is 2. The molecule has 0 bridgehead atoms. The maximum Gasteiger partial charge on any atom is 0.335 e. The van der Waals surface area contributed by atoms with E-state index in [1.165, 1.54) is 11.6 Å². The van der Waals surface area contributed by atoms with Gasteiger partial charge in [-0.2, -0.15) is 0 Å². The molecule has 4 nitrogen and oxygen atoms in total. The van der Waals surface area contributed by atoms with E-state index in [-0.39, 0.29) is 5.56 Å². The molecule has 0 aromatic heterocycles. The fourth-order valence-corrected chi connectivity index (χ4v) is 2.30. The van der Waals surface area contributed by atoms with E-state index in [4.69, 9.17) is 10.8 Å². The molecule has 0 aliphatic rings. The molecule has 0 fully saturated rings. The maximum atomic E-state index is 10.9. The van der Waals surface area contributed by atoms with Crippen LogP contribution in [-0.4, -0.2) is 18.1 Å². The predicted molar refractivity (Wildman–Crippen MR) is 81.8 cm³/mol. The Labute approximate surface area is 118 Å². The summed E-state index contributed by atoms with van der Waals surface area (Å²) < 4.78 is 0. The summed E-state index contributed by atoms with van der Waals surface area (Å²) in [6, 6.07) is 11.0. The minimum absolute atomic E-state index is 0.195. The lowest BCUT2D eigenvalue weighted by molar-refractivity contribution is 0.0697. The van der Waals surface area contributed by atoms with Gasteiger partial charge in [0.2, 0.25) is 0 Å². The molecule has 0 aliphatic carbocycles. The number of rotatable bonds is 3. The first-order chi connectivity index (χ1) is 9.40. The zero-order chi connectivity index (χ0) is 14.9. The lowest BCUT2D eigenvalue weighted by Gasteiger charge is -2.23. The Morgan fingerprint density at radius 1 is 1.10 bits per heavy atom. The van der Waals surface area contributed by atoms with Crippen LogP contribution in [0.4, 0.5) is 17.1 Å². The monoisotopic (exact) mass is 270 g/mol. The molecule has 3 N–H and O–H groups in total. The molecule has 0 spiro atoms. The van der Waals surface area contributed by atoms with Crippen molar-refractivity contribution in [2.24, 2.45) is 0 Å². The van der Waals surface area contributed by atoms with Crippen molar-refractivity contribution in [2.45, 2.75) is 13.8 Å². The molecule has 0 saturated heterocycles. The Morgan fingerprint density at radius 3 is 2.30 bits per heavy atom. The quantitative estimate of drug-likeness (QED) is 0.839. The molecule has 2 aromatic carbocycles. The first kappa shape index (κ1) is 13.9. The molecular weight excluding hydrogens is 252 g/mol. The summed E-state index contributed by atoms with van der Waals surface area (Å²) in [7, 11) is 1.92.